The maximum absolute atomic E-state index is 11.3. The van der Waals surface area contributed by atoms with Crippen molar-refractivity contribution in [3.05, 3.63) is 0 Å². The second-order valence-corrected chi connectivity index (χ2v) is 3.74. The van der Waals surface area contributed by atoms with Crippen molar-refractivity contribution in [3.63, 3.8) is 0 Å². The summed E-state index contributed by atoms with van der Waals surface area (Å²) in [5, 5.41) is 3.18. The molecule has 0 aliphatic carbocycles. The fraction of sp³-hybridized carbons (Fsp3) is 0.889. The van der Waals surface area contributed by atoms with Gasteiger partial charge in [0.25, 0.3) is 0 Å². The van der Waals surface area contributed by atoms with Crippen LogP contribution in [-0.4, -0.2) is 31.1 Å². The molecule has 2 aliphatic heterocycles. The maximum Gasteiger partial charge on any atom is 0.137 e. The topological polar surface area (TPSA) is 38.3 Å². The molecule has 0 amide bonds. The molecule has 12 heavy (non-hydrogen) atoms. The lowest BCUT2D eigenvalue weighted by Gasteiger charge is -2.25. The number of ether oxygens (including phenoxy) is 1. The molecule has 0 aromatic carbocycles. The molecule has 0 aromatic heterocycles. The van der Waals surface area contributed by atoms with Crippen molar-refractivity contribution in [2.75, 3.05) is 7.05 Å². The van der Waals surface area contributed by atoms with Gasteiger partial charge in [-0.05, 0) is 26.8 Å². The zero-order valence-electron chi connectivity index (χ0n) is 7.54. The molecule has 2 saturated heterocycles. The minimum Gasteiger partial charge on any atom is -0.373 e. The summed E-state index contributed by atoms with van der Waals surface area (Å²) in [6.45, 7) is 1.67. The third kappa shape index (κ3) is 1.00. The van der Waals surface area contributed by atoms with Crippen LogP contribution in [0.4, 0.5) is 0 Å². The van der Waals surface area contributed by atoms with Crippen molar-refractivity contribution >= 4 is 5.78 Å². The number of nitrogens with one attached hydrogen (secondary N) is 1. The Morgan fingerprint density at radius 1 is 1.42 bits per heavy atom. The van der Waals surface area contributed by atoms with E-state index >= 15 is 0 Å². The predicted molar refractivity (Wildman–Crippen MR) is 44.9 cm³/mol. The number of likely N-dealkylation sites (N-methyl/N-ethyl adjacent to an activating group) is 1. The van der Waals surface area contributed by atoms with E-state index in [9.17, 15) is 4.79 Å². The lowest BCUT2D eigenvalue weighted by molar-refractivity contribution is -0.122. The van der Waals surface area contributed by atoms with E-state index in [-0.39, 0.29) is 30.0 Å². The molecule has 0 spiro atoms. The van der Waals surface area contributed by atoms with Crippen LogP contribution in [0.15, 0.2) is 0 Å². The number of Topliss-reactive ketones (excluding diaryl/α,β-unsaturated/α-hetero) is 1. The van der Waals surface area contributed by atoms with E-state index in [0.29, 0.717) is 0 Å². The van der Waals surface area contributed by atoms with Gasteiger partial charge in [-0.2, -0.15) is 0 Å². The van der Waals surface area contributed by atoms with Crippen LogP contribution < -0.4 is 5.32 Å². The van der Waals surface area contributed by atoms with Crippen LogP contribution in [0.5, 0.6) is 0 Å². The summed E-state index contributed by atoms with van der Waals surface area (Å²) in [5.41, 5.74) is 0. The van der Waals surface area contributed by atoms with Gasteiger partial charge in [0.2, 0.25) is 0 Å². The van der Waals surface area contributed by atoms with Gasteiger partial charge in [-0.25, -0.2) is 0 Å². The van der Waals surface area contributed by atoms with Gasteiger partial charge in [-0.15, -0.1) is 0 Å². The summed E-state index contributed by atoms with van der Waals surface area (Å²) in [7, 11) is 1.91. The molecule has 0 saturated carbocycles. The van der Waals surface area contributed by atoms with Crippen LogP contribution >= 0.6 is 0 Å². The van der Waals surface area contributed by atoms with Crippen molar-refractivity contribution < 1.29 is 9.53 Å². The fourth-order valence-electron chi connectivity index (χ4n) is 2.56. The summed E-state index contributed by atoms with van der Waals surface area (Å²) in [6, 6.07) is 0.265. The van der Waals surface area contributed by atoms with Gasteiger partial charge in [0.15, 0.2) is 0 Å². The van der Waals surface area contributed by atoms with E-state index in [1.54, 1.807) is 6.92 Å². The molecule has 3 heteroatoms. The molecule has 0 aromatic rings. The highest BCUT2D eigenvalue weighted by atomic mass is 16.5. The quantitative estimate of drug-likeness (QED) is 0.648. The highest BCUT2D eigenvalue weighted by Crippen LogP contribution is 2.39. The summed E-state index contributed by atoms with van der Waals surface area (Å²) < 4.78 is 5.67. The molecule has 2 fully saturated rings. The zero-order valence-corrected chi connectivity index (χ0v) is 7.54. The normalized spacial score (nSPS) is 45.2. The van der Waals surface area contributed by atoms with Gasteiger partial charge >= 0.3 is 0 Å². The summed E-state index contributed by atoms with van der Waals surface area (Å²) >= 11 is 0. The van der Waals surface area contributed by atoms with Crippen molar-refractivity contribution in [2.24, 2.45) is 5.92 Å². The minimum atomic E-state index is 0.105. The van der Waals surface area contributed by atoms with Crippen molar-refractivity contribution in [3.8, 4) is 0 Å². The first-order valence-corrected chi connectivity index (χ1v) is 4.57. The number of carbonyl (C=O) groups is 1. The second-order valence-electron chi connectivity index (χ2n) is 3.74. The number of fused-ring (bicyclic) bond motifs is 2. The molecule has 4 atom stereocenters. The Bertz CT molecular complexity index is 205. The molecule has 68 valence electrons. The van der Waals surface area contributed by atoms with E-state index in [1.165, 1.54) is 0 Å². The fourth-order valence-corrected chi connectivity index (χ4v) is 2.56. The molecule has 4 unspecified atom stereocenters. The third-order valence-electron chi connectivity index (χ3n) is 3.08. The number of rotatable bonds is 2. The van der Waals surface area contributed by atoms with Crippen LogP contribution in [0.2, 0.25) is 0 Å². The Kier molecular flexibility index (Phi) is 1.93. The molecule has 2 aliphatic rings. The standard InChI is InChI=1S/C9H15NO2/c1-5(11)8-6-3-4-7(12-6)9(8)10-2/h6-10H,3-4H2,1-2H3. The number of ketones is 1. The Labute approximate surface area is 72.5 Å². The highest BCUT2D eigenvalue weighted by molar-refractivity contribution is 5.80. The largest absolute Gasteiger partial charge is 0.373 e. The van der Waals surface area contributed by atoms with E-state index in [0.717, 1.165) is 12.8 Å². The molecular formula is C9H15NO2. The zero-order chi connectivity index (χ0) is 8.72. The van der Waals surface area contributed by atoms with Gasteiger partial charge < -0.3 is 10.1 Å². The molecule has 0 radical (unpaired) electrons. The molecule has 3 nitrogen and oxygen atoms in total. The Hall–Kier alpha value is -0.410. The SMILES string of the molecule is CNC1C2CCC(O2)C1C(C)=O. The first kappa shape index (κ1) is 8.20. The highest BCUT2D eigenvalue weighted by Gasteiger charge is 2.50. The van der Waals surface area contributed by atoms with E-state index in [4.69, 9.17) is 4.74 Å². The molecule has 2 heterocycles. The number of hydrogen-bond donors (Lipinski definition) is 1. The van der Waals surface area contributed by atoms with Gasteiger partial charge in [0.1, 0.15) is 5.78 Å². The monoisotopic (exact) mass is 169 g/mol. The second kappa shape index (κ2) is 2.82. The van der Waals surface area contributed by atoms with Crippen LogP contribution in [0.25, 0.3) is 0 Å². The maximum atomic E-state index is 11.3. The van der Waals surface area contributed by atoms with Crippen LogP contribution in [-0.2, 0) is 9.53 Å². The van der Waals surface area contributed by atoms with E-state index in [1.807, 2.05) is 7.05 Å². The average molecular weight is 169 g/mol. The summed E-state index contributed by atoms with van der Waals surface area (Å²) in [4.78, 5) is 11.3. The van der Waals surface area contributed by atoms with E-state index < -0.39 is 0 Å². The Morgan fingerprint density at radius 3 is 2.58 bits per heavy atom. The van der Waals surface area contributed by atoms with Gasteiger partial charge in [-0.3, -0.25) is 4.79 Å². The summed E-state index contributed by atoms with van der Waals surface area (Å²) in [5.74, 6) is 0.371. The average Bonchev–Trinajstić information content (AvgIpc) is 2.60. The number of hydrogen-bond acceptors (Lipinski definition) is 3. The van der Waals surface area contributed by atoms with E-state index in [2.05, 4.69) is 5.32 Å². The predicted octanol–water partition coefficient (Wildman–Crippen LogP) is 0.341. The molecule has 2 rings (SSSR count). The molecule has 1 N–H and O–H groups in total. The lowest BCUT2D eigenvalue weighted by atomic mass is 9.82. The van der Waals surface area contributed by atoms with Gasteiger partial charge in [0.05, 0.1) is 18.1 Å². The van der Waals surface area contributed by atoms with Crippen molar-refractivity contribution in [2.45, 2.75) is 38.0 Å². The number of carbonyl (C=O) groups excluding carboxylic acids is 1. The Morgan fingerprint density at radius 2 is 2.08 bits per heavy atom. The van der Waals surface area contributed by atoms with Crippen LogP contribution in [0.3, 0.4) is 0 Å². The van der Waals surface area contributed by atoms with Crippen molar-refractivity contribution in [1.29, 1.82) is 0 Å². The van der Waals surface area contributed by atoms with Crippen LogP contribution in [0.1, 0.15) is 19.8 Å². The van der Waals surface area contributed by atoms with Gasteiger partial charge in [-0.1, -0.05) is 0 Å². The molecular weight excluding hydrogens is 154 g/mol. The van der Waals surface area contributed by atoms with Gasteiger partial charge in [0, 0.05) is 6.04 Å². The smallest absolute Gasteiger partial charge is 0.137 e. The first-order chi connectivity index (χ1) is 5.74. The third-order valence-corrected chi connectivity index (χ3v) is 3.08. The lowest BCUT2D eigenvalue weighted by Crippen LogP contribution is -2.45. The van der Waals surface area contributed by atoms with Crippen molar-refractivity contribution in [1.82, 2.24) is 5.32 Å². The Balaban J connectivity index is 2.16. The van der Waals surface area contributed by atoms with Crippen LogP contribution in [0, 0.1) is 5.92 Å². The first-order valence-electron chi connectivity index (χ1n) is 4.57. The summed E-state index contributed by atoms with van der Waals surface area (Å²) in [6.07, 6.45) is 2.66. The minimum absolute atomic E-state index is 0.105. The molecule has 2 bridgehead atoms.